The lowest BCUT2D eigenvalue weighted by Crippen LogP contribution is -2.10. The molecule has 3 nitrogen and oxygen atoms in total. The summed E-state index contributed by atoms with van der Waals surface area (Å²) in [7, 11) is 0. The van der Waals surface area contributed by atoms with E-state index in [1.165, 1.54) is 17.7 Å². The molecule has 0 aromatic heterocycles. The summed E-state index contributed by atoms with van der Waals surface area (Å²) in [6.07, 6.45) is 3.12. The molecule has 0 spiro atoms. The molecule has 31 heavy (non-hydrogen) atoms. The smallest absolute Gasteiger partial charge is 0.306 e. The molecule has 0 fully saturated rings. The molecule has 3 aromatic rings. The van der Waals surface area contributed by atoms with Crippen molar-refractivity contribution in [1.29, 1.82) is 0 Å². The van der Waals surface area contributed by atoms with Gasteiger partial charge in [-0.3, -0.25) is 4.79 Å². The number of halogens is 2. The third kappa shape index (κ3) is 6.64. The van der Waals surface area contributed by atoms with Crippen LogP contribution in [0, 0.1) is 17.6 Å². The maximum Gasteiger partial charge on any atom is 0.306 e. The summed E-state index contributed by atoms with van der Waals surface area (Å²) in [6.45, 7) is 2.29. The Labute approximate surface area is 181 Å². The molecule has 0 aliphatic heterocycles. The molecule has 5 heteroatoms. The Hall–Kier alpha value is -3.21. The van der Waals surface area contributed by atoms with E-state index in [9.17, 15) is 13.6 Å². The fraction of sp³-hybridized carbons (Fsp3) is 0.269. The topological polar surface area (TPSA) is 46.5 Å². The fourth-order valence-electron chi connectivity index (χ4n) is 3.30. The van der Waals surface area contributed by atoms with Gasteiger partial charge in [-0.15, -0.1) is 0 Å². The van der Waals surface area contributed by atoms with E-state index in [1.54, 1.807) is 31.2 Å². The first-order chi connectivity index (χ1) is 14.9. The monoisotopic (exact) mass is 424 g/mol. The van der Waals surface area contributed by atoms with Gasteiger partial charge in [0.25, 0.3) is 0 Å². The Bertz CT molecular complexity index is 998. The Balaban J connectivity index is 1.43. The first-order valence-electron chi connectivity index (χ1n) is 10.4. The Kier molecular flexibility index (Phi) is 7.76. The number of hydrogen-bond donors (Lipinski definition) is 1. The van der Waals surface area contributed by atoms with Gasteiger partial charge in [-0.1, -0.05) is 43.3 Å². The van der Waals surface area contributed by atoms with E-state index in [-0.39, 0.29) is 5.92 Å². The quantitative estimate of drug-likeness (QED) is 0.389. The van der Waals surface area contributed by atoms with E-state index in [1.807, 2.05) is 0 Å². The van der Waals surface area contributed by atoms with Crippen LogP contribution in [0.1, 0.15) is 30.9 Å². The average Bonchev–Trinajstić information content (AvgIpc) is 2.76. The summed E-state index contributed by atoms with van der Waals surface area (Å²) in [5.74, 6) is -1.57. The number of carboxylic acid groups (broad SMARTS) is 1. The highest BCUT2D eigenvalue weighted by Crippen LogP contribution is 2.25. The minimum Gasteiger partial charge on any atom is -0.494 e. The maximum absolute atomic E-state index is 13.9. The molecule has 0 aliphatic rings. The molecular weight excluding hydrogens is 398 g/mol. The number of aliphatic carboxylic acids is 1. The van der Waals surface area contributed by atoms with Crippen LogP contribution in [0.2, 0.25) is 0 Å². The van der Waals surface area contributed by atoms with E-state index < -0.39 is 17.6 Å². The van der Waals surface area contributed by atoms with E-state index >= 15 is 0 Å². The molecule has 1 atom stereocenters. The van der Waals surface area contributed by atoms with Gasteiger partial charge < -0.3 is 9.84 Å². The Morgan fingerprint density at radius 2 is 1.58 bits per heavy atom. The first-order valence-corrected chi connectivity index (χ1v) is 10.4. The highest BCUT2D eigenvalue weighted by atomic mass is 19.1. The summed E-state index contributed by atoms with van der Waals surface area (Å²) in [6, 6.07) is 18.9. The zero-order chi connectivity index (χ0) is 22.2. The van der Waals surface area contributed by atoms with Crippen LogP contribution >= 0.6 is 0 Å². The molecule has 0 bridgehead atoms. The van der Waals surface area contributed by atoms with Crippen LogP contribution in [-0.4, -0.2) is 17.7 Å². The molecule has 162 valence electrons. The number of ether oxygens (including phenoxy) is 1. The van der Waals surface area contributed by atoms with Crippen LogP contribution in [0.4, 0.5) is 8.78 Å². The third-order valence-corrected chi connectivity index (χ3v) is 5.29. The summed E-state index contributed by atoms with van der Waals surface area (Å²) < 4.78 is 32.7. The molecule has 1 unspecified atom stereocenters. The lowest BCUT2D eigenvalue weighted by atomic mass is 9.99. The second-order valence-corrected chi connectivity index (χ2v) is 7.70. The SMILES string of the molecule is CC(CCc1ccc(CCCOc2ccc(-c3ccc(F)cc3F)cc2)cc1)C(=O)O. The fourth-order valence-corrected chi connectivity index (χ4v) is 3.30. The molecule has 3 aromatic carbocycles. The van der Waals surface area contributed by atoms with Crippen molar-refractivity contribution in [2.45, 2.75) is 32.6 Å². The van der Waals surface area contributed by atoms with Gasteiger partial charge in [0.2, 0.25) is 0 Å². The number of carbonyl (C=O) groups is 1. The number of aryl methyl sites for hydroxylation is 2. The molecule has 3 rings (SSSR count). The molecule has 0 saturated carbocycles. The molecule has 0 saturated heterocycles. The Morgan fingerprint density at radius 3 is 2.19 bits per heavy atom. The molecule has 0 radical (unpaired) electrons. The summed E-state index contributed by atoms with van der Waals surface area (Å²) in [5.41, 5.74) is 3.38. The van der Waals surface area contributed by atoms with Crippen molar-refractivity contribution in [3.63, 3.8) is 0 Å². The number of hydrogen-bond acceptors (Lipinski definition) is 2. The predicted molar refractivity (Wildman–Crippen MR) is 117 cm³/mol. The lowest BCUT2D eigenvalue weighted by molar-refractivity contribution is -0.141. The van der Waals surface area contributed by atoms with Gasteiger partial charge in [-0.25, -0.2) is 8.78 Å². The van der Waals surface area contributed by atoms with E-state index in [0.29, 0.717) is 29.9 Å². The minimum absolute atomic E-state index is 0.333. The molecule has 0 heterocycles. The summed E-state index contributed by atoms with van der Waals surface area (Å²) >= 11 is 0. The van der Waals surface area contributed by atoms with Crippen LogP contribution in [0.25, 0.3) is 11.1 Å². The molecule has 0 aliphatic carbocycles. The van der Waals surface area contributed by atoms with Gasteiger partial charge in [0.15, 0.2) is 0 Å². The van der Waals surface area contributed by atoms with Crippen LogP contribution in [0.5, 0.6) is 5.75 Å². The van der Waals surface area contributed by atoms with Gasteiger partial charge in [-0.05, 0) is 66.6 Å². The standard InChI is InChI=1S/C26H26F2O3/c1-18(26(29)30)4-5-20-8-6-19(7-9-20)3-2-16-31-23-13-10-21(11-14-23)24-15-12-22(27)17-25(24)28/h6-15,17-18H,2-5,16H2,1H3,(H,29,30). The van der Waals surface area contributed by atoms with Crippen molar-refractivity contribution in [2.75, 3.05) is 6.61 Å². The van der Waals surface area contributed by atoms with Crippen LogP contribution in [0.3, 0.4) is 0 Å². The zero-order valence-corrected chi connectivity index (χ0v) is 17.5. The second-order valence-electron chi connectivity index (χ2n) is 7.70. The molecule has 1 N–H and O–H groups in total. The third-order valence-electron chi connectivity index (χ3n) is 5.29. The van der Waals surface area contributed by atoms with E-state index in [2.05, 4.69) is 24.3 Å². The second kappa shape index (κ2) is 10.7. The average molecular weight is 424 g/mol. The number of benzene rings is 3. The van der Waals surface area contributed by atoms with Crippen LogP contribution in [-0.2, 0) is 17.6 Å². The highest BCUT2D eigenvalue weighted by Gasteiger charge is 2.10. The largest absolute Gasteiger partial charge is 0.494 e. The van der Waals surface area contributed by atoms with Gasteiger partial charge in [0.05, 0.1) is 12.5 Å². The lowest BCUT2D eigenvalue weighted by Gasteiger charge is -2.09. The Morgan fingerprint density at radius 1 is 0.935 bits per heavy atom. The normalized spacial score (nSPS) is 11.8. The first kappa shape index (κ1) is 22.5. The van der Waals surface area contributed by atoms with Gasteiger partial charge in [0.1, 0.15) is 17.4 Å². The van der Waals surface area contributed by atoms with Crippen LogP contribution in [0.15, 0.2) is 66.7 Å². The van der Waals surface area contributed by atoms with Crippen molar-refractivity contribution in [2.24, 2.45) is 5.92 Å². The molecular formula is C26H26F2O3. The minimum atomic E-state index is -0.756. The van der Waals surface area contributed by atoms with Crippen molar-refractivity contribution < 1.29 is 23.4 Å². The van der Waals surface area contributed by atoms with E-state index in [0.717, 1.165) is 30.9 Å². The maximum atomic E-state index is 13.9. The van der Waals surface area contributed by atoms with Crippen LogP contribution < -0.4 is 4.74 Å². The van der Waals surface area contributed by atoms with Crippen molar-refractivity contribution in [3.8, 4) is 16.9 Å². The van der Waals surface area contributed by atoms with E-state index in [4.69, 9.17) is 9.84 Å². The van der Waals surface area contributed by atoms with Gasteiger partial charge in [0, 0.05) is 11.6 Å². The highest BCUT2D eigenvalue weighted by molar-refractivity contribution is 5.69. The summed E-state index contributed by atoms with van der Waals surface area (Å²) in [4.78, 5) is 10.9. The molecule has 0 amide bonds. The predicted octanol–water partition coefficient (Wildman–Crippen LogP) is 6.30. The van der Waals surface area contributed by atoms with Gasteiger partial charge >= 0.3 is 5.97 Å². The zero-order valence-electron chi connectivity index (χ0n) is 17.5. The summed E-state index contributed by atoms with van der Waals surface area (Å²) in [5, 5.41) is 8.95. The van der Waals surface area contributed by atoms with Gasteiger partial charge in [-0.2, -0.15) is 0 Å². The van der Waals surface area contributed by atoms with Crippen molar-refractivity contribution in [3.05, 3.63) is 89.5 Å². The van der Waals surface area contributed by atoms with Crippen molar-refractivity contribution >= 4 is 5.97 Å². The van der Waals surface area contributed by atoms with Crippen molar-refractivity contribution in [1.82, 2.24) is 0 Å². The number of rotatable bonds is 10. The number of carboxylic acids is 1.